The van der Waals surface area contributed by atoms with Gasteiger partial charge < -0.3 is 0 Å². The lowest BCUT2D eigenvalue weighted by atomic mass is 10.2. The largest absolute Gasteiger partial charge is 0.300 e. The lowest BCUT2D eigenvalue weighted by Crippen LogP contribution is -2.46. The number of aromatic nitrogens is 1. The quantitative estimate of drug-likeness (QED) is 0.764. The summed E-state index contributed by atoms with van der Waals surface area (Å²) in [5, 5.41) is 0. The Kier molecular flexibility index (Phi) is 4.71. The lowest BCUT2D eigenvalue weighted by molar-refractivity contribution is 0.132. The SMILES string of the molecule is Fc1cncc(CN2CCN(CCCl)CC2)c1. The molecule has 0 bridgehead atoms. The molecule has 0 saturated carbocycles. The molecule has 3 nitrogen and oxygen atoms in total. The fraction of sp³-hybridized carbons (Fsp3) is 0.583. The highest BCUT2D eigenvalue weighted by Crippen LogP contribution is 2.08. The third-order valence-corrected chi connectivity index (χ3v) is 3.20. The van der Waals surface area contributed by atoms with E-state index in [1.54, 1.807) is 12.3 Å². The van der Waals surface area contributed by atoms with Gasteiger partial charge in [-0.2, -0.15) is 0 Å². The number of nitrogens with zero attached hydrogens (tertiary/aromatic N) is 3. The standard InChI is InChI=1S/C12H17ClFN3/c13-1-2-16-3-5-17(6-4-16)10-11-7-12(14)9-15-8-11/h7-9H,1-6,10H2. The van der Waals surface area contributed by atoms with Crippen LogP contribution in [0.4, 0.5) is 4.39 Å². The Balaban J connectivity index is 1.82. The van der Waals surface area contributed by atoms with Crippen molar-refractivity contribution in [3.8, 4) is 0 Å². The van der Waals surface area contributed by atoms with Crippen molar-refractivity contribution >= 4 is 11.6 Å². The second-order valence-corrected chi connectivity index (χ2v) is 4.70. The van der Waals surface area contributed by atoms with Crippen LogP contribution < -0.4 is 0 Å². The highest BCUT2D eigenvalue weighted by atomic mass is 35.5. The molecule has 0 amide bonds. The molecule has 0 unspecified atom stereocenters. The van der Waals surface area contributed by atoms with Gasteiger partial charge in [-0.25, -0.2) is 4.39 Å². The van der Waals surface area contributed by atoms with Gasteiger partial charge in [0.15, 0.2) is 0 Å². The maximum Gasteiger partial charge on any atom is 0.141 e. The average Bonchev–Trinajstić information content (AvgIpc) is 2.32. The van der Waals surface area contributed by atoms with E-state index in [4.69, 9.17) is 11.6 Å². The third kappa shape index (κ3) is 3.91. The fourth-order valence-corrected chi connectivity index (χ4v) is 2.33. The molecule has 0 N–H and O–H groups in total. The zero-order valence-corrected chi connectivity index (χ0v) is 10.5. The lowest BCUT2D eigenvalue weighted by Gasteiger charge is -2.34. The number of hydrogen-bond acceptors (Lipinski definition) is 3. The Morgan fingerprint density at radius 3 is 2.53 bits per heavy atom. The molecule has 0 radical (unpaired) electrons. The van der Waals surface area contributed by atoms with Gasteiger partial charge in [0.25, 0.3) is 0 Å². The maximum atomic E-state index is 13.0. The van der Waals surface area contributed by atoms with Gasteiger partial charge in [-0.05, 0) is 11.6 Å². The molecule has 1 aromatic rings. The van der Waals surface area contributed by atoms with Crippen molar-refractivity contribution in [2.75, 3.05) is 38.6 Å². The Morgan fingerprint density at radius 1 is 1.18 bits per heavy atom. The normalized spacial score (nSPS) is 18.5. The molecule has 5 heteroatoms. The molecule has 1 aromatic heterocycles. The van der Waals surface area contributed by atoms with Crippen LogP contribution in [0.5, 0.6) is 0 Å². The molecule has 2 rings (SSSR count). The number of rotatable bonds is 4. The Bertz CT molecular complexity index is 353. The van der Waals surface area contributed by atoms with Crippen LogP contribution in [0.3, 0.4) is 0 Å². The summed E-state index contributed by atoms with van der Waals surface area (Å²) in [5.41, 5.74) is 0.941. The minimum Gasteiger partial charge on any atom is -0.300 e. The first kappa shape index (κ1) is 12.7. The van der Waals surface area contributed by atoms with Gasteiger partial charge in [0.05, 0.1) is 6.20 Å². The summed E-state index contributed by atoms with van der Waals surface area (Å²) in [4.78, 5) is 8.54. The van der Waals surface area contributed by atoms with Crippen molar-refractivity contribution in [1.29, 1.82) is 0 Å². The van der Waals surface area contributed by atoms with E-state index < -0.39 is 0 Å². The second kappa shape index (κ2) is 6.28. The van der Waals surface area contributed by atoms with Crippen LogP contribution in [0.2, 0.25) is 0 Å². The van der Waals surface area contributed by atoms with Crippen molar-refractivity contribution in [3.05, 3.63) is 29.8 Å². The smallest absolute Gasteiger partial charge is 0.141 e. The molecule has 1 aliphatic rings. The molecule has 1 fully saturated rings. The molecule has 0 spiro atoms. The molecule has 0 aromatic carbocycles. The summed E-state index contributed by atoms with van der Waals surface area (Å²) >= 11 is 5.71. The van der Waals surface area contributed by atoms with Crippen molar-refractivity contribution in [3.63, 3.8) is 0 Å². The molecular formula is C12H17ClFN3. The average molecular weight is 258 g/mol. The van der Waals surface area contributed by atoms with Crippen LogP contribution >= 0.6 is 11.6 Å². The van der Waals surface area contributed by atoms with Gasteiger partial charge in [-0.15, -0.1) is 11.6 Å². The van der Waals surface area contributed by atoms with Crippen LogP contribution in [0.15, 0.2) is 18.5 Å². The number of halogens is 2. The van der Waals surface area contributed by atoms with E-state index >= 15 is 0 Å². The van der Waals surface area contributed by atoms with Crippen LogP contribution in [-0.4, -0.2) is 53.4 Å². The second-order valence-electron chi connectivity index (χ2n) is 4.32. The number of hydrogen-bond donors (Lipinski definition) is 0. The van der Waals surface area contributed by atoms with Crippen molar-refractivity contribution < 1.29 is 4.39 Å². The first-order valence-electron chi connectivity index (χ1n) is 5.88. The molecular weight excluding hydrogens is 241 g/mol. The topological polar surface area (TPSA) is 19.4 Å². The van der Waals surface area contributed by atoms with Crippen LogP contribution in [0.1, 0.15) is 5.56 Å². The minimum absolute atomic E-state index is 0.261. The third-order valence-electron chi connectivity index (χ3n) is 3.03. The van der Waals surface area contributed by atoms with E-state index in [-0.39, 0.29) is 5.82 Å². The van der Waals surface area contributed by atoms with E-state index in [9.17, 15) is 4.39 Å². The molecule has 1 saturated heterocycles. The Labute approximate surface area is 106 Å². The van der Waals surface area contributed by atoms with E-state index in [0.29, 0.717) is 5.88 Å². The number of pyridine rings is 1. The molecule has 0 atom stereocenters. The Morgan fingerprint density at radius 2 is 1.88 bits per heavy atom. The van der Waals surface area contributed by atoms with Gasteiger partial charge in [0.2, 0.25) is 0 Å². The van der Waals surface area contributed by atoms with E-state index in [1.165, 1.54) is 6.20 Å². The van der Waals surface area contributed by atoms with Gasteiger partial charge in [-0.1, -0.05) is 0 Å². The van der Waals surface area contributed by atoms with E-state index in [2.05, 4.69) is 14.8 Å². The van der Waals surface area contributed by atoms with Crippen molar-refractivity contribution in [2.24, 2.45) is 0 Å². The van der Waals surface area contributed by atoms with Gasteiger partial charge in [0.1, 0.15) is 5.82 Å². The van der Waals surface area contributed by atoms with Gasteiger partial charge in [-0.3, -0.25) is 14.8 Å². The highest BCUT2D eigenvalue weighted by molar-refractivity contribution is 6.18. The monoisotopic (exact) mass is 257 g/mol. The van der Waals surface area contributed by atoms with Crippen LogP contribution in [-0.2, 0) is 6.54 Å². The summed E-state index contributed by atoms with van der Waals surface area (Å²) in [5.74, 6) is 0.427. The number of piperazine rings is 1. The van der Waals surface area contributed by atoms with Gasteiger partial charge >= 0.3 is 0 Å². The Hall–Kier alpha value is -0.710. The molecule has 1 aliphatic heterocycles. The zero-order chi connectivity index (χ0) is 12.1. The molecule has 17 heavy (non-hydrogen) atoms. The summed E-state index contributed by atoms with van der Waals surface area (Å²) in [7, 11) is 0. The van der Waals surface area contributed by atoms with E-state index in [1.807, 2.05) is 0 Å². The molecule has 0 aliphatic carbocycles. The van der Waals surface area contributed by atoms with Crippen LogP contribution in [0.25, 0.3) is 0 Å². The predicted molar refractivity (Wildman–Crippen MR) is 66.6 cm³/mol. The summed E-state index contributed by atoms with van der Waals surface area (Å²) < 4.78 is 13.0. The van der Waals surface area contributed by atoms with Crippen molar-refractivity contribution in [1.82, 2.24) is 14.8 Å². The fourth-order valence-electron chi connectivity index (χ4n) is 2.09. The first-order chi connectivity index (χ1) is 8.28. The van der Waals surface area contributed by atoms with Crippen LogP contribution in [0, 0.1) is 5.82 Å². The molecule has 94 valence electrons. The number of alkyl halides is 1. The van der Waals surface area contributed by atoms with E-state index in [0.717, 1.165) is 44.8 Å². The van der Waals surface area contributed by atoms with Crippen molar-refractivity contribution in [2.45, 2.75) is 6.54 Å². The molecule has 2 heterocycles. The maximum absolute atomic E-state index is 13.0. The summed E-state index contributed by atoms with van der Waals surface area (Å²) in [6, 6.07) is 1.55. The highest BCUT2D eigenvalue weighted by Gasteiger charge is 2.16. The zero-order valence-electron chi connectivity index (χ0n) is 9.78. The summed E-state index contributed by atoms with van der Waals surface area (Å²) in [6.07, 6.45) is 2.97. The summed E-state index contributed by atoms with van der Waals surface area (Å²) in [6.45, 7) is 5.82. The van der Waals surface area contributed by atoms with Gasteiger partial charge in [0, 0.05) is 51.3 Å². The minimum atomic E-state index is -0.261. The first-order valence-corrected chi connectivity index (χ1v) is 6.41. The predicted octanol–water partition coefficient (Wildman–Crippen LogP) is 1.58.